The minimum absolute atomic E-state index is 0.192. The van der Waals surface area contributed by atoms with E-state index in [4.69, 9.17) is 0 Å². The lowest BCUT2D eigenvalue weighted by Crippen LogP contribution is -2.43. The minimum Gasteiger partial charge on any atom is -0.382 e. The Balaban J connectivity index is 1.80. The highest BCUT2D eigenvalue weighted by Crippen LogP contribution is 2.18. The Kier molecular flexibility index (Phi) is 5.62. The molecule has 2 rings (SSSR count). The van der Waals surface area contributed by atoms with Crippen molar-refractivity contribution in [2.75, 3.05) is 39.0 Å². The van der Waals surface area contributed by atoms with Gasteiger partial charge in [-0.15, -0.1) is 0 Å². The van der Waals surface area contributed by atoms with E-state index in [1.54, 1.807) is 4.90 Å². The Labute approximate surface area is 128 Å². The van der Waals surface area contributed by atoms with E-state index >= 15 is 0 Å². The van der Waals surface area contributed by atoms with Crippen LogP contribution in [0.25, 0.3) is 0 Å². The average molecular weight is 289 g/mol. The molecule has 1 fully saturated rings. The van der Waals surface area contributed by atoms with Crippen LogP contribution in [-0.4, -0.2) is 55.5 Å². The van der Waals surface area contributed by atoms with Crippen LogP contribution in [0.2, 0.25) is 0 Å². The number of nitrogens with one attached hydrogen (secondary N) is 1. The minimum atomic E-state index is 0.192. The Hall–Kier alpha value is -1.55. The Morgan fingerprint density at radius 3 is 2.67 bits per heavy atom. The van der Waals surface area contributed by atoms with E-state index < -0.39 is 0 Å². The second-order valence-corrected chi connectivity index (χ2v) is 6.04. The van der Waals surface area contributed by atoms with Gasteiger partial charge >= 0.3 is 0 Å². The highest BCUT2D eigenvalue weighted by Gasteiger charge is 2.21. The van der Waals surface area contributed by atoms with Gasteiger partial charge in [0.2, 0.25) is 5.91 Å². The first-order valence-corrected chi connectivity index (χ1v) is 7.86. The molecule has 0 unspecified atom stereocenters. The summed E-state index contributed by atoms with van der Waals surface area (Å²) in [5, 5.41) is 3.63. The van der Waals surface area contributed by atoms with Crippen molar-refractivity contribution in [3.8, 4) is 0 Å². The summed E-state index contributed by atoms with van der Waals surface area (Å²) < 4.78 is 0. The Morgan fingerprint density at radius 1 is 1.33 bits per heavy atom. The molecule has 1 N–H and O–H groups in total. The second kappa shape index (κ2) is 7.46. The predicted octanol–water partition coefficient (Wildman–Crippen LogP) is 2.21. The summed E-state index contributed by atoms with van der Waals surface area (Å²) in [6.45, 7) is 4.71. The number of hydrogen-bond acceptors (Lipinski definition) is 3. The van der Waals surface area contributed by atoms with Crippen molar-refractivity contribution in [3.63, 3.8) is 0 Å². The molecule has 4 heteroatoms. The number of likely N-dealkylation sites (tertiary alicyclic amines) is 1. The number of amides is 1. The van der Waals surface area contributed by atoms with Crippen molar-refractivity contribution < 1.29 is 4.79 Å². The van der Waals surface area contributed by atoms with Crippen LogP contribution in [0.3, 0.4) is 0 Å². The number of likely N-dealkylation sites (N-methyl/N-ethyl adjacent to an activating group) is 1. The second-order valence-electron chi connectivity index (χ2n) is 6.04. The van der Waals surface area contributed by atoms with Crippen molar-refractivity contribution in [1.29, 1.82) is 0 Å². The molecule has 21 heavy (non-hydrogen) atoms. The van der Waals surface area contributed by atoms with Crippen LogP contribution in [0.1, 0.15) is 25.3 Å². The third-order valence-corrected chi connectivity index (χ3v) is 4.15. The molecule has 1 saturated heterocycles. The van der Waals surface area contributed by atoms with Crippen molar-refractivity contribution in [2.24, 2.45) is 0 Å². The van der Waals surface area contributed by atoms with E-state index in [0.717, 1.165) is 32.4 Å². The van der Waals surface area contributed by atoms with E-state index in [9.17, 15) is 4.79 Å². The largest absolute Gasteiger partial charge is 0.382 e. The zero-order valence-electron chi connectivity index (χ0n) is 13.4. The van der Waals surface area contributed by atoms with Gasteiger partial charge in [0, 0.05) is 38.9 Å². The summed E-state index contributed by atoms with van der Waals surface area (Å²) in [4.78, 5) is 15.6. The number of hydrogen-bond donors (Lipinski definition) is 1. The first-order valence-electron chi connectivity index (χ1n) is 7.86. The van der Waals surface area contributed by atoms with Gasteiger partial charge in [0.25, 0.3) is 0 Å². The molecule has 0 aliphatic carbocycles. The number of benzene rings is 1. The molecule has 4 nitrogen and oxygen atoms in total. The van der Waals surface area contributed by atoms with Crippen molar-refractivity contribution in [2.45, 2.75) is 32.2 Å². The highest BCUT2D eigenvalue weighted by atomic mass is 16.2. The molecule has 1 aromatic rings. The fourth-order valence-electron chi connectivity index (χ4n) is 2.68. The number of nitrogens with zero attached hydrogens (tertiary/aromatic N) is 2. The summed E-state index contributed by atoms with van der Waals surface area (Å²) in [7, 11) is 3.63. The zero-order valence-corrected chi connectivity index (χ0v) is 13.4. The quantitative estimate of drug-likeness (QED) is 0.903. The van der Waals surface area contributed by atoms with Crippen molar-refractivity contribution >= 4 is 11.6 Å². The van der Waals surface area contributed by atoms with Gasteiger partial charge in [-0.2, -0.15) is 0 Å². The zero-order chi connectivity index (χ0) is 15.2. The molecule has 1 heterocycles. The van der Waals surface area contributed by atoms with Crippen LogP contribution in [0.4, 0.5) is 5.69 Å². The molecule has 0 aromatic heterocycles. The van der Waals surface area contributed by atoms with Gasteiger partial charge in [-0.25, -0.2) is 0 Å². The fraction of sp³-hybridized carbons (Fsp3) is 0.588. The Bertz CT molecular complexity index is 465. The fourth-order valence-corrected chi connectivity index (χ4v) is 2.68. The molecule has 1 aromatic carbocycles. The molecular formula is C17H27N3O. The van der Waals surface area contributed by atoms with Gasteiger partial charge in [0.1, 0.15) is 0 Å². The Morgan fingerprint density at radius 2 is 2.05 bits per heavy atom. The molecule has 0 radical (unpaired) electrons. The maximum Gasteiger partial charge on any atom is 0.236 e. The van der Waals surface area contributed by atoms with Crippen LogP contribution in [0.5, 0.6) is 0 Å². The van der Waals surface area contributed by atoms with Gasteiger partial charge in [0.15, 0.2) is 0 Å². The average Bonchev–Trinajstić information content (AvgIpc) is 2.49. The molecule has 1 aliphatic heterocycles. The maximum absolute atomic E-state index is 11.7. The summed E-state index contributed by atoms with van der Waals surface area (Å²) >= 11 is 0. The van der Waals surface area contributed by atoms with E-state index in [2.05, 4.69) is 41.4 Å². The molecular weight excluding hydrogens is 262 g/mol. The van der Waals surface area contributed by atoms with Crippen LogP contribution in [0, 0.1) is 0 Å². The van der Waals surface area contributed by atoms with E-state index in [-0.39, 0.29) is 5.91 Å². The van der Waals surface area contributed by atoms with E-state index in [1.165, 1.54) is 11.3 Å². The lowest BCUT2D eigenvalue weighted by Gasteiger charge is -2.33. The van der Waals surface area contributed by atoms with Crippen molar-refractivity contribution in [3.05, 3.63) is 29.8 Å². The van der Waals surface area contributed by atoms with Crippen LogP contribution in [0.15, 0.2) is 24.3 Å². The van der Waals surface area contributed by atoms with Gasteiger partial charge < -0.3 is 10.2 Å². The highest BCUT2D eigenvalue weighted by molar-refractivity contribution is 5.77. The first-order chi connectivity index (χ1) is 10.1. The molecule has 0 atom stereocenters. The predicted molar refractivity (Wildman–Crippen MR) is 87.6 cm³/mol. The van der Waals surface area contributed by atoms with Gasteiger partial charge in [0.05, 0.1) is 6.54 Å². The summed E-state index contributed by atoms with van der Waals surface area (Å²) in [6.07, 6.45) is 3.26. The van der Waals surface area contributed by atoms with Crippen LogP contribution in [-0.2, 0) is 11.2 Å². The van der Waals surface area contributed by atoms with E-state index in [1.807, 2.05) is 14.1 Å². The standard InChI is InChI=1S/C17H27N3O/c1-4-14-6-5-7-16(12-14)18-15-8-10-20(11-9-15)13-17(21)19(2)3/h5-7,12,15,18H,4,8-11,13H2,1-3H3. The summed E-state index contributed by atoms with van der Waals surface area (Å²) in [5.74, 6) is 0.192. The normalized spacial score (nSPS) is 16.7. The topological polar surface area (TPSA) is 35.6 Å². The van der Waals surface area contributed by atoms with Gasteiger partial charge in [-0.1, -0.05) is 19.1 Å². The lowest BCUT2D eigenvalue weighted by atomic mass is 10.0. The number of carbonyl (C=O) groups excluding carboxylic acids is 1. The number of anilines is 1. The van der Waals surface area contributed by atoms with Crippen LogP contribution >= 0.6 is 0 Å². The monoisotopic (exact) mass is 289 g/mol. The van der Waals surface area contributed by atoms with Gasteiger partial charge in [-0.05, 0) is 37.0 Å². The van der Waals surface area contributed by atoms with Crippen molar-refractivity contribution in [1.82, 2.24) is 9.80 Å². The smallest absolute Gasteiger partial charge is 0.236 e. The number of carbonyl (C=O) groups is 1. The summed E-state index contributed by atoms with van der Waals surface area (Å²) in [6, 6.07) is 9.18. The molecule has 1 amide bonds. The molecule has 116 valence electrons. The molecule has 0 bridgehead atoms. The number of aryl methyl sites for hydroxylation is 1. The number of rotatable bonds is 5. The third-order valence-electron chi connectivity index (χ3n) is 4.15. The van der Waals surface area contributed by atoms with Crippen LogP contribution < -0.4 is 5.32 Å². The maximum atomic E-state index is 11.7. The first kappa shape index (κ1) is 15.8. The lowest BCUT2D eigenvalue weighted by molar-refractivity contribution is -0.130. The molecule has 0 saturated carbocycles. The summed E-state index contributed by atoms with van der Waals surface area (Å²) in [5.41, 5.74) is 2.59. The van der Waals surface area contributed by atoms with Gasteiger partial charge in [-0.3, -0.25) is 9.69 Å². The van der Waals surface area contributed by atoms with E-state index in [0.29, 0.717) is 12.6 Å². The SMILES string of the molecule is CCc1cccc(NC2CCN(CC(=O)N(C)C)CC2)c1. The molecule has 1 aliphatic rings. The third kappa shape index (κ3) is 4.74. The number of piperidine rings is 1. The molecule has 0 spiro atoms.